The summed E-state index contributed by atoms with van der Waals surface area (Å²) in [7, 11) is 1.58. The molecule has 0 bridgehead atoms. The molecule has 1 amide bonds. The van der Waals surface area contributed by atoms with Gasteiger partial charge in [-0.2, -0.15) is 0 Å². The summed E-state index contributed by atoms with van der Waals surface area (Å²) in [5.41, 5.74) is 9.26. The Hall–Kier alpha value is -3.75. The number of rotatable bonds is 7. The Morgan fingerprint density at radius 1 is 1.23 bits per heavy atom. The quantitative estimate of drug-likeness (QED) is 0.536. The zero-order valence-electron chi connectivity index (χ0n) is 17.3. The summed E-state index contributed by atoms with van der Waals surface area (Å²) < 4.78 is 1.44. The molecule has 0 atom stereocenters. The second-order valence-electron chi connectivity index (χ2n) is 6.92. The second kappa shape index (κ2) is 9.17. The Labute approximate surface area is 174 Å². The van der Waals surface area contributed by atoms with Gasteiger partial charge in [0, 0.05) is 43.6 Å². The van der Waals surface area contributed by atoms with Crippen molar-refractivity contribution in [3.05, 3.63) is 69.7 Å². The van der Waals surface area contributed by atoms with E-state index in [2.05, 4.69) is 25.6 Å². The Morgan fingerprint density at radius 3 is 2.67 bits per heavy atom. The molecular formula is C21H25N7O2. The summed E-state index contributed by atoms with van der Waals surface area (Å²) in [5, 5.41) is 5.67. The van der Waals surface area contributed by atoms with Crippen LogP contribution >= 0.6 is 0 Å². The minimum atomic E-state index is -0.331. The smallest absolute Gasteiger partial charge is 0.299 e. The number of pyridine rings is 2. The summed E-state index contributed by atoms with van der Waals surface area (Å²) in [5.74, 6) is 0.420. The highest BCUT2D eigenvalue weighted by molar-refractivity contribution is 5.79. The molecule has 0 aliphatic rings. The number of amides is 1. The van der Waals surface area contributed by atoms with Crippen LogP contribution in [0.4, 0.5) is 11.5 Å². The van der Waals surface area contributed by atoms with Crippen LogP contribution in [0.25, 0.3) is 5.82 Å². The number of nitrogens with zero attached hydrogens (tertiary/aromatic N) is 4. The predicted octanol–water partition coefficient (Wildman–Crippen LogP) is 1.16. The lowest BCUT2D eigenvalue weighted by atomic mass is 10.1. The van der Waals surface area contributed by atoms with Crippen molar-refractivity contribution in [3.63, 3.8) is 0 Å². The number of hydrogen-bond acceptors (Lipinski definition) is 7. The van der Waals surface area contributed by atoms with Crippen LogP contribution in [0.3, 0.4) is 0 Å². The van der Waals surface area contributed by atoms with Crippen molar-refractivity contribution in [3.8, 4) is 5.82 Å². The number of nitrogens with one attached hydrogen (secondary N) is 2. The van der Waals surface area contributed by atoms with Crippen molar-refractivity contribution in [1.82, 2.24) is 24.8 Å². The molecule has 4 N–H and O–H groups in total. The molecular weight excluding hydrogens is 382 g/mol. The topological polar surface area (TPSA) is 128 Å². The van der Waals surface area contributed by atoms with E-state index in [1.54, 1.807) is 45.6 Å². The maximum absolute atomic E-state index is 13.1. The van der Waals surface area contributed by atoms with E-state index in [0.717, 1.165) is 12.0 Å². The Kier molecular flexibility index (Phi) is 6.41. The van der Waals surface area contributed by atoms with Gasteiger partial charge in [0.1, 0.15) is 0 Å². The van der Waals surface area contributed by atoms with Crippen LogP contribution < -0.4 is 21.9 Å². The SMILES string of the molecule is CNC(=O)Cc1cc(N)c(-n2c(C)cnc(NCCc3ccncc3)c2=O)nc1C. The molecule has 3 heterocycles. The number of nitrogens with two attached hydrogens (primary N) is 1. The number of carbonyl (C=O) groups excluding carboxylic acids is 1. The van der Waals surface area contributed by atoms with Gasteiger partial charge in [0.25, 0.3) is 5.56 Å². The van der Waals surface area contributed by atoms with Gasteiger partial charge in [-0.05, 0) is 49.6 Å². The fraction of sp³-hybridized carbons (Fsp3) is 0.286. The fourth-order valence-electron chi connectivity index (χ4n) is 3.07. The number of anilines is 2. The van der Waals surface area contributed by atoms with Crippen LogP contribution in [-0.4, -0.2) is 39.0 Å². The Bertz CT molecular complexity index is 1110. The predicted molar refractivity (Wildman–Crippen MR) is 116 cm³/mol. The van der Waals surface area contributed by atoms with Crippen LogP contribution in [-0.2, 0) is 17.6 Å². The summed E-state index contributed by atoms with van der Waals surface area (Å²) in [6, 6.07) is 5.54. The molecule has 0 unspecified atom stereocenters. The average molecular weight is 407 g/mol. The first-order chi connectivity index (χ1) is 14.4. The van der Waals surface area contributed by atoms with Crippen molar-refractivity contribution >= 4 is 17.4 Å². The van der Waals surface area contributed by atoms with E-state index in [0.29, 0.717) is 35.0 Å². The number of carbonyl (C=O) groups is 1. The average Bonchev–Trinajstić information content (AvgIpc) is 2.73. The summed E-state index contributed by atoms with van der Waals surface area (Å²) in [6.07, 6.45) is 5.97. The van der Waals surface area contributed by atoms with Gasteiger partial charge in [0.2, 0.25) is 5.91 Å². The first-order valence-electron chi connectivity index (χ1n) is 9.59. The molecule has 0 saturated heterocycles. The molecule has 156 valence electrons. The largest absolute Gasteiger partial charge is 0.396 e. The van der Waals surface area contributed by atoms with E-state index in [-0.39, 0.29) is 23.7 Å². The third-order valence-electron chi connectivity index (χ3n) is 4.76. The lowest BCUT2D eigenvalue weighted by molar-refractivity contribution is -0.119. The highest BCUT2D eigenvalue weighted by atomic mass is 16.1. The van der Waals surface area contributed by atoms with E-state index >= 15 is 0 Å². The van der Waals surface area contributed by atoms with E-state index in [1.165, 1.54) is 4.57 Å². The first kappa shape index (κ1) is 21.0. The maximum Gasteiger partial charge on any atom is 0.299 e. The number of aryl methyl sites for hydroxylation is 2. The molecule has 3 aromatic rings. The molecule has 0 saturated carbocycles. The Morgan fingerprint density at radius 2 is 1.97 bits per heavy atom. The molecule has 3 aromatic heterocycles. The molecule has 0 aromatic carbocycles. The van der Waals surface area contributed by atoms with Gasteiger partial charge in [0.05, 0.1) is 12.1 Å². The van der Waals surface area contributed by atoms with Crippen LogP contribution in [0.5, 0.6) is 0 Å². The standard InChI is InChI=1S/C21H25N7O2/c1-13-12-26-19(25-9-6-15-4-7-24-8-5-15)21(30)28(13)20-17(22)10-16(14(2)27-20)11-18(29)23-3/h4-5,7-8,10,12H,6,9,11,22H2,1-3H3,(H,23,29)(H,25,26). The second-order valence-corrected chi connectivity index (χ2v) is 6.92. The van der Waals surface area contributed by atoms with E-state index in [4.69, 9.17) is 5.73 Å². The summed E-state index contributed by atoms with van der Waals surface area (Å²) in [4.78, 5) is 37.5. The van der Waals surface area contributed by atoms with E-state index in [1.807, 2.05) is 12.1 Å². The van der Waals surface area contributed by atoms with E-state index < -0.39 is 0 Å². The minimum Gasteiger partial charge on any atom is -0.396 e. The third kappa shape index (κ3) is 4.62. The number of nitrogen functional groups attached to an aromatic ring is 1. The monoisotopic (exact) mass is 407 g/mol. The summed E-state index contributed by atoms with van der Waals surface area (Å²) >= 11 is 0. The van der Waals surface area contributed by atoms with Gasteiger partial charge >= 0.3 is 0 Å². The summed E-state index contributed by atoms with van der Waals surface area (Å²) in [6.45, 7) is 4.10. The fourth-order valence-corrected chi connectivity index (χ4v) is 3.07. The zero-order chi connectivity index (χ0) is 21.7. The van der Waals surface area contributed by atoms with Crippen LogP contribution in [0.2, 0.25) is 0 Å². The molecule has 9 heteroatoms. The van der Waals surface area contributed by atoms with E-state index in [9.17, 15) is 9.59 Å². The van der Waals surface area contributed by atoms with Crippen LogP contribution in [0, 0.1) is 13.8 Å². The Balaban J connectivity index is 1.89. The van der Waals surface area contributed by atoms with Gasteiger partial charge in [-0.3, -0.25) is 19.1 Å². The van der Waals surface area contributed by atoms with Crippen molar-refractivity contribution in [2.75, 3.05) is 24.6 Å². The molecule has 3 rings (SSSR count). The molecule has 9 nitrogen and oxygen atoms in total. The lowest BCUT2D eigenvalue weighted by Gasteiger charge is -2.15. The van der Waals surface area contributed by atoms with Gasteiger partial charge in [-0.15, -0.1) is 0 Å². The maximum atomic E-state index is 13.1. The molecule has 0 radical (unpaired) electrons. The molecule has 0 spiro atoms. The van der Waals surface area contributed by atoms with Crippen molar-refractivity contribution in [2.24, 2.45) is 0 Å². The van der Waals surface area contributed by atoms with Gasteiger partial charge in [-0.1, -0.05) is 0 Å². The zero-order valence-corrected chi connectivity index (χ0v) is 17.3. The number of hydrogen-bond donors (Lipinski definition) is 3. The van der Waals surface area contributed by atoms with Gasteiger partial charge in [-0.25, -0.2) is 9.97 Å². The minimum absolute atomic E-state index is 0.134. The van der Waals surface area contributed by atoms with Crippen molar-refractivity contribution < 1.29 is 4.79 Å². The number of likely N-dealkylation sites (N-methyl/N-ethyl adjacent to an activating group) is 1. The lowest BCUT2D eigenvalue weighted by Crippen LogP contribution is -2.28. The van der Waals surface area contributed by atoms with Gasteiger partial charge in [0.15, 0.2) is 11.6 Å². The van der Waals surface area contributed by atoms with Crippen molar-refractivity contribution in [1.29, 1.82) is 0 Å². The molecule has 0 fully saturated rings. The number of aromatic nitrogens is 4. The highest BCUT2D eigenvalue weighted by Crippen LogP contribution is 2.20. The molecule has 0 aliphatic heterocycles. The van der Waals surface area contributed by atoms with Crippen LogP contribution in [0.1, 0.15) is 22.5 Å². The molecule has 30 heavy (non-hydrogen) atoms. The normalized spacial score (nSPS) is 10.6. The molecule has 0 aliphatic carbocycles. The van der Waals surface area contributed by atoms with Crippen molar-refractivity contribution in [2.45, 2.75) is 26.7 Å². The first-order valence-corrected chi connectivity index (χ1v) is 9.59. The third-order valence-corrected chi connectivity index (χ3v) is 4.76. The highest BCUT2D eigenvalue weighted by Gasteiger charge is 2.16. The van der Waals surface area contributed by atoms with Crippen LogP contribution in [0.15, 0.2) is 41.6 Å². The van der Waals surface area contributed by atoms with Gasteiger partial charge < -0.3 is 16.4 Å².